The molecule has 0 saturated heterocycles. The predicted octanol–water partition coefficient (Wildman–Crippen LogP) is 5.12. The molecule has 1 amide bonds. The molecule has 0 spiro atoms. The van der Waals surface area contributed by atoms with E-state index in [9.17, 15) is 9.90 Å². The van der Waals surface area contributed by atoms with Crippen LogP contribution in [0.3, 0.4) is 0 Å². The number of thiazole rings is 1. The number of para-hydroxylation sites is 1. The van der Waals surface area contributed by atoms with Crippen LogP contribution < -0.4 is 10.6 Å². The van der Waals surface area contributed by atoms with Crippen LogP contribution in [0.5, 0.6) is 5.88 Å². The van der Waals surface area contributed by atoms with Gasteiger partial charge in [-0.15, -0.1) is 0 Å². The number of aromatic hydroxyl groups is 1. The van der Waals surface area contributed by atoms with Gasteiger partial charge in [0.1, 0.15) is 0 Å². The molecule has 1 saturated carbocycles. The first-order valence-corrected chi connectivity index (χ1v) is 10.3. The van der Waals surface area contributed by atoms with E-state index >= 15 is 0 Å². The van der Waals surface area contributed by atoms with Gasteiger partial charge in [0, 0.05) is 11.7 Å². The molecule has 140 valence electrons. The molecule has 1 aliphatic carbocycles. The van der Waals surface area contributed by atoms with E-state index < -0.39 is 5.92 Å². The number of rotatable bonds is 6. The van der Waals surface area contributed by atoms with E-state index in [1.54, 1.807) is 0 Å². The summed E-state index contributed by atoms with van der Waals surface area (Å²) in [5.74, 6) is -0.544. The molecule has 1 aromatic heterocycles. The summed E-state index contributed by atoms with van der Waals surface area (Å²) < 4.78 is 0. The van der Waals surface area contributed by atoms with Crippen molar-refractivity contribution in [3.8, 4) is 5.88 Å². The number of nitrogens with zero attached hydrogens (tertiary/aromatic N) is 1. The molecule has 1 aromatic carbocycles. The maximum absolute atomic E-state index is 12.7. The molecule has 1 atom stereocenters. The Morgan fingerprint density at radius 3 is 2.58 bits per heavy atom. The number of aromatic nitrogens is 1. The maximum Gasteiger partial charge on any atom is 0.232 e. The third kappa shape index (κ3) is 4.75. The highest BCUT2D eigenvalue weighted by Gasteiger charge is 2.26. The van der Waals surface area contributed by atoms with Gasteiger partial charge in [-0.05, 0) is 31.4 Å². The second-order valence-corrected chi connectivity index (χ2v) is 7.89. The van der Waals surface area contributed by atoms with Gasteiger partial charge >= 0.3 is 0 Å². The maximum atomic E-state index is 12.7. The van der Waals surface area contributed by atoms with Gasteiger partial charge < -0.3 is 15.7 Å². The molecular weight excluding hydrogens is 346 g/mol. The second kappa shape index (κ2) is 9.03. The molecule has 6 heteroatoms. The van der Waals surface area contributed by atoms with Crippen LogP contribution in [0.15, 0.2) is 30.3 Å². The Bertz CT molecular complexity index is 709. The molecule has 1 fully saturated rings. The van der Waals surface area contributed by atoms with Crippen molar-refractivity contribution in [3.05, 3.63) is 35.2 Å². The van der Waals surface area contributed by atoms with E-state index in [2.05, 4.69) is 15.6 Å². The monoisotopic (exact) mass is 373 g/mol. The van der Waals surface area contributed by atoms with Crippen LogP contribution in [0.1, 0.15) is 62.7 Å². The highest BCUT2D eigenvalue weighted by Crippen LogP contribution is 2.37. The number of carbonyl (C=O) groups is 1. The fraction of sp³-hybridized carbons (Fsp3) is 0.500. The lowest BCUT2D eigenvalue weighted by Crippen LogP contribution is -2.20. The van der Waals surface area contributed by atoms with Gasteiger partial charge in [-0.3, -0.25) is 4.79 Å². The number of carbonyl (C=O) groups excluding carboxylic acids is 1. The molecule has 0 aliphatic heterocycles. The van der Waals surface area contributed by atoms with Crippen LogP contribution in [0, 0.1) is 0 Å². The number of anilines is 2. The highest BCUT2D eigenvalue weighted by atomic mass is 32.1. The molecule has 1 unspecified atom stereocenters. The fourth-order valence-corrected chi connectivity index (χ4v) is 4.57. The van der Waals surface area contributed by atoms with Crippen LogP contribution in [-0.4, -0.2) is 22.0 Å². The number of nitrogens with one attached hydrogen (secondary N) is 2. The Hall–Kier alpha value is -2.08. The summed E-state index contributed by atoms with van der Waals surface area (Å²) in [5.41, 5.74) is 0.761. The smallest absolute Gasteiger partial charge is 0.232 e. The summed E-state index contributed by atoms with van der Waals surface area (Å²) in [4.78, 5) is 17.6. The standard InChI is InChI=1S/C20H27N3O2S/c1-2-16(18(24)21-14-10-8-5-9-11-14)17-19(25)23-20(26-17)22-15-12-6-3-4-7-13-15/h5,8-11,15-16,25H,2-4,6-7,12-13H2,1H3,(H,21,24)(H,22,23). The minimum absolute atomic E-state index is 0.0267. The molecule has 3 N–H and O–H groups in total. The number of hydrogen-bond donors (Lipinski definition) is 3. The molecule has 3 rings (SSSR count). The predicted molar refractivity (Wildman–Crippen MR) is 107 cm³/mol. The van der Waals surface area contributed by atoms with Gasteiger partial charge in [-0.2, -0.15) is 4.98 Å². The molecular formula is C20H27N3O2S. The SMILES string of the molecule is CCC(C(=O)Nc1ccccc1)c1sc(NC2CCCCCC2)nc1O. The van der Waals surface area contributed by atoms with Gasteiger partial charge in [0.15, 0.2) is 5.13 Å². The molecule has 1 aliphatic rings. The minimum Gasteiger partial charge on any atom is -0.492 e. The molecule has 1 heterocycles. The van der Waals surface area contributed by atoms with Crippen molar-refractivity contribution in [2.24, 2.45) is 0 Å². The average molecular weight is 374 g/mol. The molecule has 2 aromatic rings. The zero-order valence-corrected chi connectivity index (χ0v) is 16.0. The number of hydrogen-bond acceptors (Lipinski definition) is 5. The Labute approximate surface area is 158 Å². The Balaban J connectivity index is 1.70. The zero-order chi connectivity index (χ0) is 18.4. The molecule has 5 nitrogen and oxygen atoms in total. The quantitative estimate of drug-likeness (QED) is 0.615. The van der Waals surface area contributed by atoms with Gasteiger partial charge in [0.2, 0.25) is 11.8 Å². The largest absolute Gasteiger partial charge is 0.492 e. The van der Waals surface area contributed by atoms with Gasteiger partial charge in [-0.25, -0.2) is 0 Å². The third-order valence-electron chi connectivity index (χ3n) is 4.90. The van der Waals surface area contributed by atoms with E-state index in [0.717, 1.165) is 23.7 Å². The lowest BCUT2D eigenvalue weighted by molar-refractivity contribution is -0.117. The number of amides is 1. The van der Waals surface area contributed by atoms with Crippen molar-refractivity contribution in [3.63, 3.8) is 0 Å². The van der Waals surface area contributed by atoms with Crippen LogP contribution >= 0.6 is 11.3 Å². The molecule has 0 bridgehead atoms. The van der Waals surface area contributed by atoms with Crippen molar-refractivity contribution in [1.82, 2.24) is 4.98 Å². The topological polar surface area (TPSA) is 74.2 Å². The van der Waals surface area contributed by atoms with Crippen molar-refractivity contribution >= 4 is 28.1 Å². The lowest BCUT2D eigenvalue weighted by atomic mass is 10.0. The summed E-state index contributed by atoms with van der Waals surface area (Å²) in [5, 5.41) is 17.4. The lowest BCUT2D eigenvalue weighted by Gasteiger charge is -2.15. The van der Waals surface area contributed by atoms with Crippen LogP contribution in [0.25, 0.3) is 0 Å². The van der Waals surface area contributed by atoms with Crippen molar-refractivity contribution in [2.75, 3.05) is 10.6 Å². The summed E-state index contributed by atoms with van der Waals surface area (Å²) in [7, 11) is 0. The molecule has 26 heavy (non-hydrogen) atoms. The highest BCUT2D eigenvalue weighted by molar-refractivity contribution is 7.16. The fourth-order valence-electron chi connectivity index (χ4n) is 3.45. The summed E-state index contributed by atoms with van der Waals surface area (Å²) >= 11 is 1.40. The van der Waals surface area contributed by atoms with Crippen LogP contribution in [-0.2, 0) is 4.79 Å². The first-order chi connectivity index (χ1) is 12.7. The zero-order valence-electron chi connectivity index (χ0n) is 15.2. The summed E-state index contributed by atoms with van der Waals surface area (Å²) in [6.45, 7) is 1.95. The third-order valence-corrected chi connectivity index (χ3v) is 5.99. The first kappa shape index (κ1) is 18.7. The Morgan fingerprint density at radius 2 is 1.92 bits per heavy atom. The Morgan fingerprint density at radius 1 is 1.23 bits per heavy atom. The van der Waals surface area contributed by atoms with E-state index in [1.165, 1.54) is 37.0 Å². The second-order valence-electron chi connectivity index (χ2n) is 6.86. The summed E-state index contributed by atoms with van der Waals surface area (Å²) in [6, 6.07) is 9.80. The number of benzene rings is 1. The van der Waals surface area contributed by atoms with Crippen molar-refractivity contribution in [1.29, 1.82) is 0 Å². The van der Waals surface area contributed by atoms with Gasteiger partial charge in [0.25, 0.3) is 0 Å². The summed E-state index contributed by atoms with van der Waals surface area (Å²) in [6.07, 6.45) is 7.95. The van der Waals surface area contributed by atoms with Crippen molar-refractivity contribution < 1.29 is 9.90 Å². The average Bonchev–Trinajstić information content (AvgIpc) is 2.83. The van der Waals surface area contributed by atoms with E-state index in [1.807, 2.05) is 37.3 Å². The first-order valence-electron chi connectivity index (χ1n) is 9.49. The van der Waals surface area contributed by atoms with E-state index in [0.29, 0.717) is 17.3 Å². The van der Waals surface area contributed by atoms with E-state index in [4.69, 9.17) is 0 Å². The minimum atomic E-state index is -0.405. The Kier molecular flexibility index (Phi) is 6.50. The molecule has 0 radical (unpaired) electrons. The van der Waals surface area contributed by atoms with Crippen LogP contribution in [0.2, 0.25) is 0 Å². The van der Waals surface area contributed by atoms with Gasteiger partial charge in [-0.1, -0.05) is 62.1 Å². The van der Waals surface area contributed by atoms with Crippen LogP contribution in [0.4, 0.5) is 10.8 Å². The normalized spacial score (nSPS) is 16.7. The van der Waals surface area contributed by atoms with Gasteiger partial charge in [0.05, 0.1) is 10.8 Å². The van der Waals surface area contributed by atoms with Crippen molar-refractivity contribution in [2.45, 2.75) is 63.8 Å². The van der Waals surface area contributed by atoms with E-state index in [-0.39, 0.29) is 11.8 Å².